The molecule has 0 amide bonds. The molecule has 3 fully saturated rings. The van der Waals surface area contributed by atoms with Gasteiger partial charge in [0.05, 0.1) is 6.61 Å². The number of hydrogen-bond acceptors (Lipinski definition) is 6. The van der Waals surface area contributed by atoms with Gasteiger partial charge in [0.1, 0.15) is 6.10 Å². The largest absolute Gasteiger partial charge is 0.454 e. The van der Waals surface area contributed by atoms with Crippen molar-refractivity contribution in [3.05, 3.63) is 12.7 Å². The Kier molecular flexibility index (Phi) is 2.71. The highest BCUT2D eigenvalue weighted by atomic mass is 16.8. The van der Waals surface area contributed by atoms with Crippen LogP contribution >= 0.6 is 0 Å². The maximum atomic E-state index is 11.7. The molecule has 3 aliphatic heterocycles. The Morgan fingerprint density at radius 1 is 1.33 bits per heavy atom. The molecule has 3 heterocycles. The monoisotopic (exact) mass is 256 g/mol. The van der Waals surface area contributed by atoms with Crippen LogP contribution in [0, 0.1) is 0 Å². The Balaban J connectivity index is 1.73. The molecule has 0 aromatic carbocycles. The van der Waals surface area contributed by atoms with Crippen molar-refractivity contribution in [3.8, 4) is 0 Å². The highest BCUT2D eigenvalue weighted by Gasteiger charge is 2.63. The lowest BCUT2D eigenvalue weighted by molar-refractivity contribution is -0.216. The highest BCUT2D eigenvalue weighted by molar-refractivity contribution is 5.78. The third kappa shape index (κ3) is 1.76. The van der Waals surface area contributed by atoms with Crippen LogP contribution in [0.4, 0.5) is 0 Å². The van der Waals surface area contributed by atoms with Gasteiger partial charge in [-0.1, -0.05) is 6.08 Å². The summed E-state index contributed by atoms with van der Waals surface area (Å²) in [4.78, 5) is 11.7. The molecule has 6 nitrogen and oxygen atoms in total. The van der Waals surface area contributed by atoms with E-state index in [0.29, 0.717) is 0 Å². The molecule has 0 aromatic rings. The SMILES string of the molecule is C=CCO[C@@H]1C(=O)O[C@@H]2[C@H]3OC(C)(C)O[C@H]3O[C@@H]21. The normalized spacial score (nSPS) is 44.6. The van der Waals surface area contributed by atoms with Crippen LogP contribution in [0.5, 0.6) is 0 Å². The lowest BCUT2D eigenvalue weighted by Crippen LogP contribution is -2.36. The average Bonchev–Trinajstić information content (AvgIpc) is 2.84. The molecule has 0 spiro atoms. The zero-order valence-corrected chi connectivity index (χ0v) is 10.3. The first-order chi connectivity index (χ1) is 8.52. The molecule has 0 unspecified atom stereocenters. The van der Waals surface area contributed by atoms with Crippen molar-refractivity contribution in [3.63, 3.8) is 0 Å². The van der Waals surface area contributed by atoms with Crippen molar-refractivity contribution in [2.75, 3.05) is 6.61 Å². The van der Waals surface area contributed by atoms with E-state index in [1.807, 2.05) is 0 Å². The molecule has 0 aromatic heterocycles. The van der Waals surface area contributed by atoms with Crippen LogP contribution in [0.2, 0.25) is 0 Å². The molecular formula is C12H16O6. The van der Waals surface area contributed by atoms with Gasteiger partial charge in [-0.2, -0.15) is 0 Å². The summed E-state index contributed by atoms with van der Waals surface area (Å²) in [5, 5.41) is 0. The minimum atomic E-state index is -0.728. The standard InChI is InChI=1S/C12H16O6/c1-4-5-14-8-6-7(15-10(8)13)9-11(16-6)18-12(2,3)17-9/h4,6-9,11H,1,5H2,2-3H3/t6-,7-,8-,9+,11+/m0/s1. The average molecular weight is 256 g/mol. The maximum absolute atomic E-state index is 11.7. The van der Waals surface area contributed by atoms with Gasteiger partial charge in [0.25, 0.3) is 0 Å². The lowest BCUT2D eigenvalue weighted by atomic mass is 10.1. The summed E-state index contributed by atoms with van der Waals surface area (Å²) >= 11 is 0. The van der Waals surface area contributed by atoms with E-state index in [9.17, 15) is 4.79 Å². The van der Waals surface area contributed by atoms with Crippen LogP contribution < -0.4 is 0 Å². The number of ether oxygens (including phenoxy) is 5. The molecule has 3 rings (SSSR count). The first-order valence-electron chi connectivity index (χ1n) is 5.96. The fraction of sp³-hybridized carbons (Fsp3) is 0.750. The molecule has 0 aliphatic carbocycles. The topological polar surface area (TPSA) is 63.2 Å². The second-order valence-corrected chi connectivity index (χ2v) is 5.01. The van der Waals surface area contributed by atoms with Crippen LogP contribution in [0.1, 0.15) is 13.8 Å². The Morgan fingerprint density at radius 3 is 2.83 bits per heavy atom. The van der Waals surface area contributed by atoms with Crippen molar-refractivity contribution in [2.45, 2.75) is 50.3 Å². The van der Waals surface area contributed by atoms with E-state index < -0.39 is 36.4 Å². The molecule has 0 N–H and O–H groups in total. The van der Waals surface area contributed by atoms with Gasteiger partial charge in [-0.15, -0.1) is 6.58 Å². The molecule has 0 bridgehead atoms. The van der Waals surface area contributed by atoms with Gasteiger partial charge in [-0.3, -0.25) is 0 Å². The number of esters is 1. The van der Waals surface area contributed by atoms with Gasteiger partial charge >= 0.3 is 5.97 Å². The zero-order valence-electron chi connectivity index (χ0n) is 10.3. The predicted octanol–water partition coefficient (Wildman–Crippen LogP) is 0.359. The van der Waals surface area contributed by atoms with Crippen molar-refractivity contribution >= 4 is 5.97 Å². The smallest absolute Gasteiger partial charge is 0.338 e. The molecule has 0 saturated carbocycles. The lowest BCUT2D eigenvalue weighted by Gasteiger charge is -2.21. The summed E-state index contributed by atoms with van der Waals surface area (Å²) in [5.41, 5.74) is 0. The van der Waals surface area contributed by atoms with Crippen LogP contribution in [0.25, 0.3) is 0 Å². The molecule has 3 saturated heterocycles. The Labute approximate surface area is 105 Å². The van der Waals surface area contributed by atoms with Crippen molar-refractivity contribution in [1.29, 1.82) is 0 Å². The molecule has 6 heteroatoms. The third-order valence-electron chi connectivity index (χ3n) is 3.20. The summed E-state index contributed by atoms with van der Waals surface area (Å²) in [6.07, 6.45) is -0.965. The van der Waals surface area contributed by atoms with Gasteiger partial charge in [0.2, 0.25) is 0 Å². The third-order valence-corrected chi connectivity index (χ3v) is 3.20. The van der Waals surface area contributed by atoms with Gasteiger partial charge in [-0.05, 0) is 13.8 Å². The van der Waals surface area contributed by atoms with Gasteiger partial charge in [-0.25, -0.2) is 4.79 Å². The Morgan fingerprint density at radius 2 is 2.11 bits per heavy atom. The van der Waals surface area contributed by atoms with E-state index in [0.717, 1.165) is 0 Å². The van der Waals surface area contributed by atoms with E-state index in [1.54, 1.807) is 19.9 Å². The minimum Gasteiger partial charge on any atom is -0.454 e. The molecule has 18 heavy (non-hydrogen) atoms. The summed E-state index contributed by atoms with van der Waals surface area (Å²) < 4.78 is 27.6. The zero-order chi connectivity index (χ0) is 12.9. The predicted molar refractivity (Wildman–Crippen MR) is 58.5 cm³/mol. The van der Waals surface area contributed by atoms with E-state index in [-0.39, 0.29) is 12.7 Å². The van der Waals surface area contributed by atoms with E-state index in [4.69, 9.17) is 23.7 Å². The highest BCUT2D eigenvalue weighted by Crippen LogP contribution is 2.42. The van der Waals surface area contributed by atoms with Crippen LogP contribution in [-0.2, 0) is 28.5 Å². The summed E-state index contributed by atoms with van der Waals surface area (Å²) in [7, 11) is 0. The number of carbonyl (C=O) groups excluding carboxylic acids is 1. The Hall–Kier alpha value is -0.950. The quantitative estimate of drug-likeness (QED) is 0.536. The van der Waals surface area contributed by atoms with Gasteiger partial charge in [0.15, 0.2) is 30.4 Å². The minimum absolute atomic E-state index is 0.273. The van der Waals surface area contributed by atoms with Crippen LogP contribution in [-0.4, -0.2) is 49.1 Å². The second kappa shape index (κ2) is 4.03. The number of carbonyl (C=O) groups is 1. The van der Waals surface area contributed by atoms with E-state index in [2.05, 4.69) is 6.58 Å². The second-order valence-electron chi connectivity index (χ2n) is 5.01. The van der Waals surface area contributed by atoms with Crippen LogP contribution in [0.3, 0.4) is 0 Å². The molecule has 5 atom stereocenters. The summed E-state index contributed by atoms with van der Waals surface area (Å²) in [6, 6.07) is 0. The maximum Gasteiger partial charge on any atom is 0.338 e. The van der Waals surface area contributed by atoms with Gasteiger partial charge in [0, 0.05) is 0 Å². The van der Waals surface area contributed by atoms with Crippen molar-refractivity contribution < 1.29 is 28.5 Å². The first-order valence-corrected chi connectivity index (χ1v) is 5.96. The fourth-order valence-corrected chi connectivity index (χ4v) is 2.55. The van der Waals surface area contributed by atoms with Crippen LogP contribution in [0.15, 0.2) is 12.7 Å². The number of rotatable bonds is 3. The fourth-order valence-electron chi connectivity index (χ4n) is 2.55. The van der Waals surface area contributed by atoms with E-state index >= 15 is 0 Å². The molecule has 3 aliphatic rings. The molecule has 0 radical (unpaired) electrons. The number of fused-ring (bicyclic) bond motifs is 3. The van der Waals surface area contributed by atoms with E-state index in [1.165, 1.54) is 0 Å². The summed E-state index contributed by atoms with van der Waals surface area (Å²) in [5.74, 6) is -1.13. The number of hydrogen-bond donors (Lipinski definition) is 0. The van der Waals surface area contributed by atoms with Gasteiger partial charge < -0.3 is 23.7 Å². The first kappa shape index (κ1) is 12.1. The molecule has 100 valence electrons. The van der Waals surface area contributed by atoms with Crippen molar-refractivity contribution in [2.24, 2.45) is 0 Å². The molecular weight excluding hydrogens is 240 g/mol. The Bertz CT molecular complexity index is 379. The summed E-state index contributed by atoms with van der Waals surface area (Å²) in [6.45, 7) is 7.41. The van der Waals surface area contributed by atoms with Crippen molar-refractivity contribution in [1.82, 2.24) is 0 Å².